The van der Waals surface area contributed by atoms with E-state index in [9.17, 15) is 0 Å². The van der Waals surface area contributed by atoms with E-state index in [1.807, 2.05) is 12.1 Å². The first-order valence-electron chi connectivity index (χ1n) is 17.1. The van der Waals surface area contributed by atoms with Gasteiger partial charge in [-0.1, -0.05) is 111 Å². The van der Waals surface area contributed by atoms with Crippen LogP contribution >= 0.6 is 11.3 Å². The van der Waals surface area contributed by atoms with Gasteiger partial charge in [-0.25, -0.2) is 4.98 Å². The van der Waals surface area contributed by atoms with Crippen LogP contribution in [0.2, 0.25) is 0 Å². The maximum Gasteiger partial charge on any atom is 0.135 e. The van der Waals surface area contributed by atoms with Gasteiger partial charge in [0.15, 0.2) is 0 Å². The zero-order valence-electron chi connectivity index (χ0n) is 27.6. The summed E-state index contributed by atoms with van der Waals surface area (Å²) < 4.78 is 6.25. The van der Waals surface area contributed by atoms with Gasteiger partial charge >= 0.3 is 0 Å². The molecule has 2 aromatic heterocycles. The number of anilines is 3. The van der Waals surface area contributed by atoms with Crippen molar-refractivity contribution in [3.8, 4) is 43.4 Å². The first-order chi connectivity index (χ1) is 24.5. The fraction of sp³-hybridized carbons (Fsp3) is 0.0652. The van der Waals surface area contributed by atoms with Crippen molar-refractivity contribution in [2.24, 2.45) is 0 Å². The third-order valence-electron chi connectivity index (χ3n) is 10.8. The summed E-state index contributed by atoms with van der Waals surface area (Å²) in [4.78, 5) is 8.93. The van der Waals surface area contributed by atoms with Crippen molar-refractivity contribution in [2.45, 2.75) is 19.3 Å². The summed E-state index contributed by atoms with van der Waals surface area (Å²) in [7, 11) is 0. The average Bonchev–Trinajstić information content (AvgIpc) is 3.89. The molecule has 0 bridgehead atoms. The number of rotatable bonds is 4. The molecule has 0 spiro atoms. The van der Waals surface area contributed by atoms with Crippen molar-refractivity contribution in [3.63, 3.8) is 0 Å². The van der Waals surface area contributed by atoms with E-state index in [1.165, 1.54) is 49.0 Å². The van der Waals surface area contributed by atoms with E-state index in [2.05, 4.69) is 152 Å². The van der Waals surface area contributed by atoms with Gasteiger partial charge in [-0.15, -0.1) is 11.3 Å². The molecule has 2 aliphatic rings. The van der Waals surface area contributed by atoms with E-state index in [0.717, 1.165) is 55.3 Å². The Balaban J connectivity index is 1.09. The van der Waals surface area contributed by atoms with Gasteiger partial charge in [0.05, 0.1) is 10.6 Å². The van der Waals surface area contributed by atoms with E-state index < -0.39 is 0 Å². The summed E-state index contributed by atoms with van der Waals surface area (Å²) in [6.45, 7) is 4.67. The second kappa shape index (κ2) is 10.0. The molecule has 0 saturated carbocycles. The van der Waals surface area contributed by atoms with E-state index >= 15 is 0 Å². The molecule has 9 aromatic rings. The molecule has 0 amide bonds. The quantitative estimate of drug-likeness (QED) is 0.188. The second-order valence-electron chi connectivity index (χ2n) is 14.0. The summed E-state index contributed by atoms with van der Waals surface area (Å²) >= 11 is 1.79. The molecule has 0 aliphatic heterocycles. The van der Waals surface area contributed by atoms with Crippen molar-refractivity contribution in [1.82, 2.24) is 4.98 Å². The van der Waals surface area contributed by atoms with Crippen LogP contribution in [0.5, 0.6) is 0 Å². The van der Waals surface area contributed by atoms with Gasteiger partial charge in [0.1, 0.15) is 16.2 Å². The molecule has 3 nitrogen and oxygen atoms in total. The van der Waals surface area contributed by atoms with Gasteiger partial charge in [-0.3, -0.25) is 0 Å². The van der Waals surface area contributed by atoms with Crippen LogP contribution in [0.25, 0.3) is 76.1 Å². The lowest BCUT2D eigenvalue weighted by molar-refractivity contribution is 0.660. The highest BCUT2D eigenvalue weighted by molar-refractivity contribution is 7.19. The monoisotopic (exact) mass is 658 g/mol. The fourth-order valence-corrected chi connectivity index (χ4v) is 9.57. The van der Waals surface area contributed by atoms with Gasteiger partial charge < -0.3 is 9.32 Å². The number of para-hydroxylation sites is 1. The molecule has 7 aromatic carbocycles. The molecule has 236 valence electrons. The van der Waals surface area contributed by atoms with Crippen LogP contribution < -0.4 is 4.90 Å². The molecule has 4 heteroatoms. The Bertz CT molecular complexity index is 2820. The minimum absolute atomic E-state index is 0.0575. The Morgan fingerprint density at radius 3 is 2.18 bits per heavy atom. The molecule has 0 atom stereocenters. The summed E-state index contributed by atoms with van der Waals surface area (Å²) in [5.74, 6) is 0. The number of fused-ring (bicyclic) bond motifs is 9. The standard InChI is InChI=1S/C46H30N2OS/c1-46(2)38-18-5-3-14-32(38)36-25-30(20-22-39(36)46)48(31-21-23-41-37(26-31)33-15-4-6-19-40(33)49-41)29-13-7-12-28(24-29)45-47-43-34-16-8-10-27-11-9-17-35(42(27)34)44(43)50-45/h3-26H,1-2H3. The first-order valence-corrected chi connectivity index (χ1v) is 17.9. The van der Waals surface area contributed by atoms with Crippen molar-refractivity contribution < 1.29 is 4.42 Å². The van der Waals surface area contributed by atoms with Crippen LogP contribution in [0.1, 0.15) is 25.0 Å². The highest BCUT2D eigenvalue weighted by atomic mass is 32.1. The lowest BCUT2D eigenvalue weighted by Crippen LogP contribution is -2.15. The van der Waals surface area contributed by atoms with Gasteiger partial charge in [0, 0.05) is 49.9 Å². The zero-order chi connectivity index (χ0) is 33.1. The van der Waals surface area contributed by atoms with Crippen LogP contribution in [-0.4, -0.2) is 4.98 Å². The Morgan fingerprint density at radius 1 is 0.560 bits per heavy atom. The molecule has 0 saturated heterocycles. The smallest absolute Gasteiger partial charge is 0.135 e. The maximum atomic E-state index is 6.25. The Kier molecular flexibility index (Phi) is 5.61. The summed E-state index contributed by atoms with van der Waals surface area (Å²) in [6.07, 6.45) is 0. The highest BCUT2D eigenvalue weighted by Gasteiger charge is 2.35. The molecular formula is C46H30N2OS. The molecular weight excluding hydrogens is 629 g/mol. The number of hydrogen-bond donors (Lipinski definition) is 0. The summed E-state index contributed by atoms with van der Waals surface area (Å²) in [5, 5.41) is 5.85. The molecule has 2 aliphatic carbocycles. The number of thiazole rings is 1. The number of benzene rings is 7. The predicted molar refractivity (Wildman–Crippen MR) is 209 cm³/mol. The van der Waals surface area contributed by atoms with Crippen LogP contribution in [0, 0.1) is 0 Å². The van der Waals surface area contributed by atoms with E-state index in [1.54, 1.807) is 11.3 Å². The third kappa shape index (κ3) is 3.82. The summed E-state index contributed by atoms with van der Waals surface area (Å²) in [5.41, 5.74) is 15.1. The van der Waals surface area contributed by atoms with Gasteiger partial charge in [0.25, 0.3) is 0 Å². The largest absolute Gasteiger partial charge is 0.456 e. The molecule has 50 heavy (non-hydrogen) atoms. The number of hydrogen-bond acceptors (Lipinski definition) is 4. The van der Waals surface area contributed by atoms with Gasteiger partial charge in [0.2, 0.25) is 0 Å². The number of aromatic nitrogens is 1. The van der Waals surface area contributed by atoms with Crippen molar-refractivity contribution in [3.05, 3.63) is 157 Å². The van der Waals surface area contributed by atoms with Crippen molar-refractivity contribution in [1.29, 1.82) is 0 Å². The molecule has 11 rings (SSSR count). The maximum absolute atomic E-state index is 6.25. The normalized spacial score (nSPS) is 13.6. The summed E-state index contributed by atoms with van der Waals surface area (Å²) in [6, 6.07) is 52.7. The number of nitrogens with zero attached hydrogens (tertiary/aromatic N) is 2. The first kappa shape index (κ1) is 27.9. The van der Waals surface area contributed by atoms with Crippen LogP contribution in [0.4, 0.5) is 17.1 Å². The lowest BCUT2D eigenvalue weighted by atomic mass is 9.82. The highest BCUT2D eigenvalue weighted by Crippen LogP contribution is 2.53. The SMILES string of the molecule is CC1(C)c2ccccc2-c2cc(N(c3cccc(-c4nc5c(s4)-c4cccc6cccc-5c46)c3)c3ccc4oc5ccccc5c4c3)ccc21. The third-order valence-corrected chi connectivity index (χ3v) is 12.0. The molecule has 0 unspecified atom stereocenters. The Morgan fingerprint density at radius 2 is 1.26 bits per heavy atom. The minimum Gasteiger partial charge on any atom is -0.456 e. The van der Waals surface area contributed by atoms with Crippen LogP contribution in [0.15, 0.2) is 150 Å². The van der Waals surface area contributed by atoms with Gasteiger partial charge in [-0.2, -0.15) is 0 Å². The van der Waals surface area contributed by atoms with E-state index in [0.29, 0.717) is 0 Å². The van der Waals surface area contributed by atoms with E-state index in [-0.39, 0.29) is 5.41 Å². The zero-order valence-corrected chi connectivity index (χ0v) is 28.4. The average molecular weight is 659 g/mol. The number of furan rings is 1. The molecule has 0 N–H and O–H groups in total. The van der Waals surface area contributed by atoms with Crippen LogP contribution in [-0.2, 0) is 5.41 Å². The second-order valence-corrected chi connectivity index (χ2v) is 15.0. The molecule has 0 radical (unpaired) electrons. The topological polar surface area (TPSA) is 29.3 Å². The fourth-order valence-electron chi connectivity index (χ4n) is 8.46. The minimum atomic E-state index is -0.0575. The lowest BCUT2D eigenvalue weighted by Gasteiger charge is -2.27. The van der Waals surface area contributed by atoms with Crippen molar-refractivity contribution >= 4 is 61.1 Å². The van der Waals surface area contributed by atoms with Crippen molar-refractivity contribution in [2.75, 3.05) is 4.90 Å². The molecule has 2 heterocycles. The molecule has 0 fully saturated rings. The predicted octanol–water partition coefficient (Wildman–Crippen LogP) is 13.3. The Hall–Kier alpha value is -5.97. The van der Waals surface area contributed by atoms with Gasteiger partial charge in [-0.05, 0) is 81.6 Å². The van der Waals surface area contributed by atoms with Crippen LogP contribution in [0.3, 0.4) is 0 Å². The van der Waals surface area contributed by atoms with E-state index in [4.69, 9.17) is 9.40 Å². The Labute approximate surface area is 293 Å².